The monoisotopic (exact) mass is 366 g/mol. The van der Waals surface area contributed by atoms with Crippen molar-refractivity contribution in [1.29, 1.82) is 0 Å². The number of hydrogen-bond acceptors (Lipinski definition) is 5. The Morgan fingerprint density at radius 2 is 2.04 bits per heavy atom. The van der Waals surface area contributed by atoms with Gasteiger partial charge in [-0.05, 0) is 31.5 Å². The van der Waals surface area contributed by atoms with E-state index in [1.807, 2.05) is 30.9 Å². The summed E-state index contributed by atoms with van der Waals surface area (Å²) in [6.07, 6.45) is 6.33. The second kappa shape index (κ2) is 6.64. The molecule has 1 fully saturated rings. The molecule has 1 aromatic heterocycles. The molecule has 0 spiro atoms. The number of carbonyl (C=O) groups is 2. The lowest BCUT2D eigenvalue weighted by molar-refractivity contribution is -0.119. The Balaban J connectivity index is 1.40. The van der Waals surface area contributed by atoms with E-state index in [-0.39, 0.29) is 17.9 Å². The number of anilines is 1. The molecule has 2 aliphatic rings. The third kappa shape index (κ3) is 3.25. The average molecular weight is 366 g/mol. The summed E-state index contributed by atoms with van der Waals surface area (Å²) in [5.41, 5.74) is 1.70. The van der Waals surface area contributed by atoms with E-state index in [4.69, 9.17) is 4.74 Å². The minimum atomic E-state index is -0.563. The van der Waals surface area contributed by atoms with E-state index in [9.17, 15) is 9.59 Å². The van der Waals surface area contributed by atoms with Crippen molar-refractivity contribution in [2.24, 2.45) is 0 Å². The number of fused-ring (bicyclic) bond motifs is 1. The summed E-state index contributed by atoms with van der Waals surface area (Å²) in [4.78, 5) is 34.9. The smallest absolute Gasteiger partial charge is 0.253 e. The molecule has 0 bridgehead atoms. The summed E-state index contributed by atoms with van der Waals surface area (Å²) in [5, 5.41) is 2.88. The van der Waals surface area contributed by atoms with Crippen molar-refractivity contribution in [1.82, 2.24) is 14.9 Å². The highest BCUT2D eigenvalue weighted by atomic mass is 16.5. The molecule has 27 heavy (non-hydrogen) atoms. The van der Waals surface area contributed by atoms with Crippen molar-refractivity contribution in [2.75, 3.05) is 18.4 Å². The fourth-order valence-corrected chi connectivity index (χ4v) is 3.60. The lowest BCUT2D eigenvalue weighted by Gasteiger charge is -2.32. The molecular formula is C20H22N4O3. The Bertz CT molecular complexity index is 874. The number of aromatic nitrogens is 2. The molecule has 1 aromatic carbocycles. The van der Waals surface area contributed by atoms with Gasteiger partial charge >= 0.3 is 0 Å². The number of ether oxygens (including phenoxy) is 1. The molecule has 1 saturated heterocycles. The SMILES string of the molecule is CC1(C)C(=O)Nc2cc(C(=O)N3CCC(Oc4cnccn4)CC3)ccc21. The molecule has 2 amide bonds. The molecule has 0 unspecified atom stereocenters. The van der Waals surface area contributed by atoms with E-state index in [0.717, 1.165) is 24.1 Å². The maximum atomic E-state index is 12.9. The van der Waals surface area contributed by atoms with Gasteiger partial charge in [0.1, 0.15) is 6.10 Å². The maximum Gasteiger partial charge on any atom is 0.253 e. The second-order valence-electron chi connectivity index (χ2n) is 7.49. The molecule has 0 saturated carbocycles. The number of carbonyl (C=O) groups excluding carboxylic acids is 2. The number of rotatable bonds is 3. The number of nitrogens with zero attached hydrogens (tertiary/aromatic N) is 3. The van der Waals surface area contributed by atoms with E-state index in [0.29, 0.717) is 24.5 Å². The van der Waals surface area contributed by atoms with E-state index < -0.39 is 5.41 Å². The van der Waals surface area contributed by atoms with Crippen molar-refractivity contribution in [3.05, 3.63) is 47.9 Å². The van der Waals surface area contributed by atoms with Gasteiger partial charge in [0.15, 0.2) is 0 Å². The van der Waals surface area contributed by atoms with Crippen molar-refractivity contribution in [3.63, 3.8) is 0 Å². The lowest BCUT2D eigenvalue weighted by atomic mass is 9.86. The zero-order valence-electron chi connectivity index (χ0n) is 15.4. The van der Waals surface area contributed by atoms with E-state index in [1.54, 1.807) is 24.7 Å². The lowest BCUT2D eigenvalue weighted by Crippen LogP contribution is -2.41. The Morgan fingerprint density at radius 1 is 1.26 bits per heavy atom. The van der Waals surface area contributed by atoms with Crippen LogP contribution in [0.2, 0.25) is 0 Å². The van der Waals surface area contributed by atoms with Gasteiger partial charge in [-0.15, -0.1) is 0 Å². The van der Waals surface area contributed by atoms with Crippen LogP contribution in [-0.2, 0) is 10.2 Å². The van der Waals surface area contributed by atoms with Crippen LogP contribution in [0.4, 0.5) is 5.69 Å². The molecule has 140 valence electrons. The average Bonchev–Trinajstić information content (AvgIpc) is 2.91. The molecule has 0 atom stereocenters. The number of likely N-dealkylation sites (tertiary alicyclic amines) is 1. The van der Waals surface area contributed by atoms with Gasteiger partial charge in [0.05, 0.1) is 11.6 Å². The van der Waals surface area contributed by atoms with Crippen LogP contribution < -0.4 is 10.1 Å². The Kier molecular flexibility index (Phi) is 4.30. The van der Waals surface area contributed by atoms with Crippen molar-refractivity contribution < 1.29 is 14.3 Å². The number of benzene rings is 1. The molecule has 0 aliphatic carbocycles. The van der Waals surface area contributed by atoms with Crippen molar-refractivity contribution >= 4 is 17.5 Å². The number of nitrogens with one attached hydrogen (secondary N) is 1. The normalized spacial score (nSPS) is 18.7. The van der Waals surface area contributed by atoms with Gasteiger partial charge in [-0.3, -0.25) is 14.6 Å². The fraction of sp³-hybridized carbons (Fsp3) is 0.400. The quantitative estimate of drug-likeness (QED) is 0.902. The first-order valence-electron chi connectivity index (χ1n) is 9.13. The largest absolute Gasteiger partial charge is 0.473 e. The van der Waals surface area contributed by atoms with Crippen molar-refractivity contribution in [2.45, 2.75) is 38.2 Å². The highest BCUT2D eigenvalue weighted by Gasteiger charge is 2.38. The van der Waals surface area contributed by atoms with Crippen molar-refractivity contribution in [3.8, 4) is 5.88 Å². The highest BCUT2D eigenvalue weighted by molar-refractivity contribution is 6.07. The van der Waals surface area contributed by atoms with Gasteiger partial charge in [-0.2, -0.15) is 0 Å². The van der Waals surface area contributed by atoms with E-state index in [2.05, 4.69) is 15.3 Å². The molecular weight excluding hydrogens is 344 g/mol. The minimum Gasteiger partial charge on any atom is -0.473 e. The van der Waals surface area contributed by atoms with Crippen LogP contribution in [0.25, 0.3) is 0 Å². The molecule has 1 N–H and O–H groups in total. The van der Waals surface area contributed by atoms with Crippen LogP contribution in [0.3, 0.4) is 0 Å². The topological polar surface area (TPSA) is 84.4 Å². The van der Waals surface area contributed by atoms with Gasteiger partial charge in [-0.25, -0.2) is 4.98 Å². The molecule has 4 rings (SSSR count). The zero-order chi connectivity index (χ0) is 19.0. The zero-order valence-corrected chi connectivity index (χ0v) is 15.4. The fourth-order valence-electron chi connectivity index (χ4n) is 3.60. The van der Waals surface area contributed by atoms with Crippen LogP contribution in [0, 0.1) is 0 Å². The predicted molar refractivity (Wildman–Crippen MR) is 99.7 cm³/mol. The van der Waals surface area contributed by atoms with Crippen LogP contribution in [-0.4, -0.2) is 45.9 Å². The minimum absolute atomic E-state index is 0.0188. The van der Waals surface area contributed by atoms with Gasteiger partial charge in [-0.1, -0.05) is 6.07 Å². The highest BCUT2D eigenvalue weighted by Crippen LogP contribution is 2.37. The molecule has 3 heterocycles. The summed E-state index contributed by atoms with van der Waals surface area (Å²) < 4.78 is 5.83. The van der Waals surface area contributed by atoms with Gasteiger partial charge < -0.3 is 15.0 Å². The van der Waals surface area contributed by atoms with Crippen LogP contribution >= 0.6 is 0 Å². The standard InChI is InChI=1S/C20H22N4O3/c1-20(2)15-4-3-13(11-16(15)23-19(20)26)18(25)24-9-5-14(6-10-24)27-17-12-21-7-8-22-17/h3-4,7-8,11-12,14H,5-6,9-10H2,1-2H3,(H,23,26). The van der Waals surface area contributed by atoms with Gasteiger partial charge in [0.25, 0.3) is 5.91 Å². The number of amides is 2. The van der Waals surface area contributed by atoms with Gasteiger partial charge in [0.2, 0.25) is 11.8 Å². The van der Waals surface area contributed by atoms with Crippen LogP contribution in [0.15, 0.2) is 36.8 Å². The van der Waals surface area contributed by atoms with E-state index in [1.165, 1.54) is 0 Å². The van der Waals surface area contributed by atoms with Crippen LogP contribution in [0.1, 0.15) is 42.6 Å². The summed E-state index contributed by atoms with van der Waals surface area (Å²) in [6.45, 7) is 5.02. The van der Waals surface area contributed by atoms with Crippen LogP contribution in [0.5, 0.6) is 5.88 Å². The predicted octanol–water partition coefficient (Wildman–Crippen LogP) is 2.39. The Morgan fingerprint density at radius 3 is 2.74 bits per heavy atom. The Labute approximate surface area is 157 Å². The molecule has 7 heteroatoms. The first kappa shape index (κ1) is 17.5. The molecule has 7 nitrogen and oxygen atoms in total. The summed E-state index contributed by atoms with van der Waals surface area (Å²) in [6, 6.07) is 5.47. The maximum absolute atomic E-state index is 12.9. The number of piperidine rings is 1. The first-order valence-corrected chi connectivity index (χ1v) is 9.13. The second-order valence-corrected chi connectivity index (χ2v) is 7.49. The molecule has 2 aliphatic heterocycles. The summed E-state index contributed by atoms with van der Waals surface area (Å²) in [7, 11) is 0. The third-order valence-corrected chi connectivity index (χ3v) is 5.31. The summed E-state index contributed by atoms with van der Waals surface area (Å²) in [5.74, 6) is 0.457. The Hall–Kier alpha value is -2.96. The molecule has 0 radical (unpaired) electrons. The van der Waals surface area contributed by atoms with E-state index >= 15 is 0 Å². The third-order valence-electron chi connectivity index (χ3n) is 5.31. The van der Waals surface area contributed by atoms with Gasteiger partial charge in [0, 0.05) is 49.6 Å². The molecule has 2 aromatic rings. The number of hydrogen-bond donors (Lipinski definition) is 1. The first-order chi connectivity index (χ1) is 12.9. The summed E-state index contributed by atoms with van der Waals surface area (Å²) >= 11 is 0.